The molecule has 14 heavy (non-hydrogen) atoms. The number of nitriles is 1. The molecule has 1 rings (SSSR count). The van der Waals surface area contributed by atoms with Gasteiger partial charge in [-0.3, -0.25) is 0 Å². The zero-order chi connectivity index (χ0) is 10.6. The number of nitrogens with zero attached hydrogens (tertiary/aromatic N) is 1. The second-order valence-electron chi connectivity index (χ2n) is 2.86. The molecule has 0 aliphatic rings. The molecule has 0 unspecified atom stereocenters. The highest BCUT2D eigenvalue weighted by atomic mass is 127. The van der Waals surface area contributed by atoms with Crippen molar-refractivity contribution in [3.05, 3.63) is 27.3 Å². The molecule has 2 N–H and O–H groups in total. The van der Waals surface area contributed by atoms with Crippen LogP contribution in [0.15, 0.2) is 18.2 Å². The van der Waals surface area contributed by atoms with E-state index in [1.54, 1.807) is 7.11 Å². The predicted octanol–water partition coefficient (Wildman–Crippen LogP) is 2.21. The van der Waals surface area contributed by atoms with Gasteiger partial charge in [-0.05, 0) is 40.3 Å². The van der Waals surface area contributed by atoms with Crippen LogP contribution in [-0.2, 0) is 0 Å². The molecule has 0 aliphatic heterocycles. The van der Waals surface area contributed by atoms with Crippen LogP contribution in [0, 0.1) is 14.9 Å². The van der Waals surface area contributed by atoms with E-state index in [9.17, 15) is 0 Å². The maximum Gasteiger partial charge on any atom is 0.119 e. The van der Waals surface area contributed by atoms with Crippen molar-refractivity contribution in [3.63, 3.8) is 0 Å². The first-order valence-electron chi connectivity index (χ1n) is 4.15. The Hall–Kier alpha value is -0.800. The number of rotatable bonds is 3. The molecule has 3 nitrogen and oxygen atoms in total. The summed E-state index contributed by atoms with van der Waals surface area (Å²) in [5.74, 6) is 0.808. The van der Waals surface area contributed by atoms with Gasteiger partial charge in [0.15, 0.2) is 0 Å². The van der Waals surface area contributed by atoms with E-state index in [1.165, 1.54) is 0 Å². The van der Waals surface area contributed by atoms with E-state index in [1.807, 2.05) is 18.2 Å². The van der Waals surface area contributed by atoms with Crippen LogP contribution >= 0.6 is 22.6 Å². The number of methoxy groups -OCH3 is 1. The van der Waals surface area contributed by atoms with Crippen molar-refractivity contribution in [1.29, 1.82) is 5.26 Å². The second kappa shape index (κ2) is 5.17. The lowest BCUT2D eigenvalue weighted by molar-refractivity contribution is 0.414. The minimum Gasteiger partial charge on any atom is -0.497 e. The molecule has 74 valence electrons. The Labute approximate surface area is 97.0 Å². The van der Waals surface area contributed by atoms with Crippen LogP contribution < -0.4 is 10.5 Å². The highest BCUT2D eigenvalue weighted by Gasteiger charge is 2.09. The molecule has 0 fully saturated rings. The van der Waals surface area contributed by atoms with Crippen molar-refractivity contribution in [2.45, 2.75) is 12.5 Å². The monoisotopic (exact) mass is 302 g/mol. The minimum absolute atomic E-state index is 0.210. The Morgan fingerprint density at radius 2 is 2.36 bits per heavy atom. The number of benzene rings is 1. The van der Waals surface area contributed by atoms with Gasteiger partial charge in [0.2, 0.25) is 0 Å². The van der Waals surface area contributed by atoms with Crippen LogP contribution in [0.25, 0.3) is 0 Å². The summed E-state index contributed by atoms with van der Waals surface area (Å²) in [4.78, 5) is 0. The third kappa shape index (κ3) is 2.59. The van der Waals surface area contributed by atoms with Crippen molar-refractivity contribution >= 4 is 22.6 Å². The van der Waals surface area contributed by atoms with Gasteiger partial charge in [-0.15, -0.1) is 0 Å². The Morgan fingerprint density at radius 3 is 2.86 bits per heavy atom. The molecule has 0 radical (unpaired) electrons. The van der Waals surface area contributed by atoms with Gasteiger partial charge in [-0.2, -0.15) is 5.26 Å². The van der Waals surface area contributed by atoms with Crippen LogP contribution in [-0.4, -0.2) is 7.11 Å². The van der Waals surface area contributed by atoms with Gasteiger partial charge in [0.25, 0.3) is 0 Å². The summed E-state index contributed by atoms with van der Waals surface area (Å²) < 4.78 is 6.11. The van der Waals surface area contributed by atoms with Crippen molar-refractivity contribution < 1.29 is 4.74 Å². The maximum absolute atomic E-state index is 8.53. The molecule has 0 aromatic heterocycles. The molecule has 0 saturated heterocycles. The summed E-state index contributed by atoms with van der Waals surface area (Å²) in [7, 11) is 1.63. The number of hydrogen-bond donors (Lipinski definition) is 1. The van der Waals surface area contributed by atoms with E-state index in [4.69, 9.17) is 15.7 Å². The lowest BCUT2D eigenvalue weighted by Gasteiger charge is -2.11. The molecule has 1 atom stereocenters. The highest BCUT2D eigenvalue weighted by Crippen LogP contribution is 2.24. The molecule has 0 spiro atoms. The lowest BCUT2D eigenvalue weighted by Crippen LogP contribution is -2.10. The van der Waals surface area contributed by atoms with Crippen molar-refractivity contribution in [2.24, 2.45) is 5.73 Å². The van der Waals surface area contributed by atoms with E-state index in [0.717, 1.165) is 14.9 Å². The molecule has 0 heterocycles. The maximum atomic E-state index is 8.53. The van der Waals surface area contributed by atoms with Gasteiger partial charge in [0.1, 0.15) is 5.75 Å². The van der Waals surface area contributed by atoms with E-state index in [-0.39, 0.29) is 6.04 Å². The van der Waals surface area contributed by atoms with Crippen molar-refractivity contribution in [2.75, 3.05) is 7.11 Å². The fraction of sp³-hybridized carbons (Fsp3) is 0.300. The first-order valence-corrected chi connectivity index (χ1v) is 5.23. The van der Waals surface area contributed by atoms with Crippen LogP contribution in [0.5, 0.6) is 5.75 Å². The van der Waals surface area contributed by atoms with E-state index >= 15 is 0 Å². The Morgan fingerprint density at radius 1 is 1.64 bits per heavy atom. The number of ether oxygens (including phenoxy) is 1. The quantitative estimate of drug-likeness (QED) is 0.871. The fourth-order valence-electron chi connectivity index (χ4n) is 1.14. The average molecular weight is 302 g/mol. The SMILES string of the molecule is COc1ccc([C@H](N)CC#N)c(I)c1. The van der Waals surface area contributed by atoms with Crippen LogP contribution in [0.2, 0.25) is 0 Å². The highest BCUT2D eigenvalue weighted by molar-refractivity contribution is 14.1. The van der Waals surface area contributed by atoms with Gasteiger partial charge < -0.3 is 10.5 Å². The first-order chi connectivity index (χ1) is 6.69. The standard InChI is InChI=1S/C10H11IN2O/c1-14-7-2-3-8(9(11)6-7)10(13)4-5-12/h2-3,6,10H,4,13H2,1H3/t10-/m1/s1. The Kier molecular flexibility index (Phi) is 4.17. The van der Waals surface area contributed by atoms with Gasteiger partial charge in [0, 0.05) is 9.61 Å². The summed E-state index contributed by atoms with van der Waals surface area (Å²) in [5, 5.41) is 8.53. The van der Waals surface area contributed by atoms with Gasteiger partial charge in [-0.1, -0.05) is 6.07 Å². The second-order valence-corrected chi connectivity index (χ2v) is 4.02. The zero-order valence-electron chi connectivity index (χ0n) is 7.83. The first kappa shape index (κ1) is 11.3. The predicted molar refractivity (Wildman–Crippen MR) is 62.9 cm³/mol. The van der Waals surface area contributed by atoms with Crippen LogP contribution in [0.3, 0.4) is 0 Å². The number of hydrogen-bond acceptors (Lipinski definition) is 3. The van der Waals surface area contributed by atoms with E-state index in [2.05, 4.69) is 28.7 Å². The molecule has 1 aromatic carbocycles. The molecule has 0 amide bonds. The molecule has 0 aliphatic carbocycles. The van der Waals surface area contributed by atoms with E-state index < -0.39 is 0 Å². The van der Waals surface area contributed by atoms with Crippen LogP contribution in [0.1, 0.15) is 18.0 Å². The van der Waals surface area contributed by atoms with Gasteiger partial charge in [0.05, 0.1) is 19.6 Å². The van der Waals surface area contributed by atoms with Crippen LogP contribution in [0.4, 0.5) is 0 Å². The third-order valence-electron chi connectivity index (χ3n) is 1.92. The van der Waals surface area contributed by atoms with Gasteiger partial charge in [-0.25, -0.2) is 0 Å². The zero-order valence-corrected chi connectivity index (χ0v) is 9.98. The summed E-state index contributed by atoms with van der Waals surface area (Å²) in [5.41, 5.74) is 6.82. The van der Waals surface area contributed by atoms with Gasteiger partial charge >= 0.3 is 0 Å². The summed E-state index contributed by atoms with van der Waals surface area (Å²) >= 11 is 2.19. The molecular weight excluding hydrogens is 291 g/mol. The Balaban J connectivity index is 2.94. The molecule has 1 aromatic rings. The molecule has 0 saturated carbocycles. The average Bonchev–Trinajstić information content (AvgIpc) is 2.17. The largest absolute Gasteiger partial charge is 0.497 e. The smallest absolute Gasteiger partial charge is 0.119 e. The van der Waals surface area contributed by atoms with Crippen molar-refractivity contribution in [3.8, 4) is 11.8 Å². The molecule has 4 heteroatoms. The normalized spacial score (nSPS) is 11.9. The molecular formula is C10H11IN2O. The lowest BCUT2D eigenvalue weighted by atomic mass is 10.1. The summed E-state index contributed by atoms with van der Waals surface area (Å²) in [6.07, 6.45) is 0.336. The minimum atomic E-state index is -0.210. The molecule has 0 bridgehead atoms. The third-order valence-corrected chi connectivity index (χ3v) is 2.85. The summed E-state index contributed by atoms with van der Waals surface area (Å²) in [6.45, 7) is 0. The fourth-order valence-corrected chi connectivity index (χ4v) is 2.03. The van der Waals surface area contributed by atoms with E-state index in [0.29, 0.717) is 6.42 Å². The van der Waals surface area contributed by atoms with Crippen molar-refractivity contribution in [1.82, 2.24) is 0 Å². The number of halogens is 1. The summed E-state index contributed by atoms with van der Waals surface area (Å²) in [6, 6.07) is 7.52. The topological polar surface area (TPSA) is 59.0 Å². The Bertz CT molecular complexity index is 360. The number of nitrogens with two attached hydrogens (primary N) is 1.